The molecule has 0 fully saturated rings. The van der Waals surface area contributed by atoms with Crippen LogP contribution in [-0.4, -0.2) is 20.0 Å². The molecule has 2 rings (SSSR count). The number of ketones is 1. The lowest BCUT2D eigenvalue weighted by molar-refractivity contribution is 0.104. The highest BCUT2D eigenvalue weighted by atomic mass is 35.5. The monoisotopic (exact) mass is 336 g/mol. The summed E-state index contributed by atoms with van der Waals surface area (Å²) >= 11 is 12.1. The molecule has 0 N–H and O–H groups in total. The molecule has 0 radical (unpaired) electrons. The summed E-state index contributed by atoms with van der Waals surface area (Å²) in [7, 11) is 3.04. The van der Waals surface area contributed by atoms with Gasteiger partial charge >= 0.3 is 0 Å². The maximum Gasteiger partial charge on any atom is 0.189 e. The van der Waals surface area contributed by atoms with Crippen LogP contribution in [0.2, 0.25) is 10.0 Å². The van der Waals surface area contributed by atoms with Crippen molar-refractivity contribution in [1.29, 1.82) is 0 Å². The van der Waals surface area contributed by atoms with Gasteiger partial charge in [0.15, 0.2) is 5.78 Å². The topological polar surface area (TPSA) is 35.5 Å². The van der Waals surface area contributed by atoms with E-state index in [0.717, 1.165) is 0 Å². The van der Waals surface area contributed by atoms with Gasteiger partial charge in [0, 0.05) is 15.6 Å². The molecule has 2 aromatic carbocycles. The average Bonchev–Trinajstić information content (AvgIpc) is 2.53. The molecular formula is C17H14Cl2O3. The molecular weight excluding hydrogens is 323 g/mol. The first-order chi connectivity index (χ1) is 10.6. The summed E-state index contributed by atoms with van der Waals surface area (Å²) in [5, 5.41) is 0.961. The van der Waals surface area contributed by atoms with Crippen LogP contribution in [0.4, 0.5) is 0 Å². The fourth-order valence-electron chi connectivity index (χ4n) is 1.93. The van der Waals surface area contributed by atoms with Crippen molar-refractivity contribution in [3.63, 3.8) is 0 Å². The summed E-state index contributed by atoms with van der Waals surface area (Å²) < 4.78 is 10.3. The van der Waals surface area contributed by atoms with E-state index in [0.29, 0.717) is 32.7 Å². The van der Waals surface area contributed by atoms with E-state index in [-0.39, 0.29) is 5.78 Å². The largest absolute Gasteiger partial charge is 0.497 e. The predicted octanol–water partition coefficient (Wildman–Crippen LogP) is 4.91. The number of benzene rings is 2. The van der Waals surface area contributed by atoms with Crippen LogP contribution in [0.25, 0.3) is 6.08 Å². The van der Waals surface area contributed by atoms with Crippen LogP contribution in [0.1, 0.15) is 15.9 Å². The Balaban J connectivity index is 2.35. The lowest BCUT2D eigenvalue weighted by atomic mass is 10.1. The van der Waals surface area contributed by atoms with Crippen LogP contribution >= 0.6 is 23.2 Å². The first-order valence-electron chi connectivity index (χ1n) is 6.45. The number of ether oxygens (including phenoxy) is 2. The molecule has 0 saturated carbocycles. The number of hydrogen-bond acceptors (Lipinski definition) is 3. The van der Waals surface area contributed by atoms with Gasteiger partial charge in [-0.2, -0.15) is 0 Å². The average molecular weight is 337 g/mol. The van der Waals surface area contributed by atoms with Crippen molar-refractivity contribution in [3.05, 3.63) is 63.6 Å². The zero-order valence-electron chi connectivity index (χ0n) is 12.1. The van der Waals surface area contributed by atoms with Crippen molar-refractivity contribution in [2.75, 3.05) is 14.2 Å². The highest BCUT2D eigenvalue weighted by molar-refractivity contribution is 6.37. The van der Waals surface area contributed by atoms with E-state index in [1.54, 1.807) is 42.5 Å². The molecule has 0 atom stereocenters. The fourth-order valence-corrected chi connectivity index (χ4v) is 2.45. The van der Waals surface area contributed by atoms with Gasteiger partial charge in [-0.1, -0.05) is 29.3 Å². The van der Waals surface area contributed by atoms with Crippen LogP contribution in [0.15, 0.2) is 42.5 Å². The third kappa shape index (κ3) is 3.62. The first-order valence-corrected chi connectivity index (χ1v) is 7.21. The Hall–Kier alpha value is -1.97. The summed E-state index contributed by atoms with van der Waals surface area (Å²) in [6.07, 6.45) is 3.00. The molecule has 22 heavy (non-hydrogen) atoms. The number of rotatable bonds is 5. The Labute approximate surface area is 139 Å². The molecule has 0 saturated heterocycles. The van der Waals surface area contributed by atoms with E-state index in [4.69, 9.17) is 32.7 Å². The van der Waals surface area contributed by atoms with Crippen LogP contribution in [0.5, 0.6) is 11.5 Å². The van der Waals surface area contributed by atoms with Gasteiger partial charge in [-0.25, -0.2) is 0 Å². The maximum absolute atomic E-state index is 12.4. The van der Waals surface area contributed by atoms with E-state index in [1.165, 1.54) is 20.3 Å². The SMILES string of the molecule is COc1ccc(OC)c(C(=O)/C=C/c2c(Cl)cccc2Cl)c1. The molecule has 3 nitrogen and oxygen atoms in total. The highest BCUT2D eigenvalue weighted by Crippen LogP contribution is 2.27. The summed E-state index contributed by atoms with van der Waals surface area (Å²) in [5.41, 5.74) is 1.00. The molecule has 0 aliphatic rings. The normalized spacial score (nSPS) is 10.7. The fraction of sp³-hybridized carbons (Fsp3) is 0.118. The van der Waals surface area contributed by atoms with Crippen LogP contribution in [0.3, 0.4) is 0 Å². The zero-order valence-corrected chi connectivity index (χ0v) is 13.6. The minimum atomic E-state index is -0.230. The van der Waals surface area contributed by atoms with E-state index in [1.807, 2.05) is 0 Å². The van der Waals surface area contributed by atoms with Crippen molar-refractivity contribution in [3.8, 4) is 11.5 Å². The summed E-state index contributed by atoms with van der Waals surface area (Å²) in [6, 6.07) is 10.2. The van der Waals surface area contributed by atoms with Crippen molar-refractivity contribution < 1.29 is 14.3 Å². The van der Waals surface area contributed by atoms with E-state index >= 15 is 0 Å². The smallest absolute Gasteiger partial charge is 0.189 e. The summed E-state index contributed by atoms with van der Waals surface area (Å²) in [5.74, 6) is 0.820. The van der Waals surface area contributed by atoms with Gasteiger partial charge in [0.1, 0.15) is 11.5 Å². The summed E-state index contributed by atoms with van der Waals surface area (Å²) in [4.78, 5) is 12.4. The number of hydrogen-bond donors (Lipinski definition) is 0. The lowest BCUT2D eigenvalue weighted by Gasteiger charge is -2.08. The van der Waals surface area contributed by atoms with Crippen LogP contribution < -0.4 is 9.47 Å². The molecule has 0 unspecified atom stereocenters. The Morgan fingerprint density at radius 3 is 2.32 bits per heavy atom. The van der Waals surface area contributed by atoms with Gasteiger partial charge in [0.2, 0.25) is 0 Å². The number of carbonyl (C=O) groups is 1. The number of methoxy groups -OCH3 is 2. The van der Waals surface area contributed by atoms with Crippen molar-refractivity contribution >= 4 is 35.1 Å². The van der Waals surface area contributed by atoms with Gasteiger partial charge < -0.3 is 9.47 Å². The Bertz CT molecular complexity index is 704. The lowest BCUT2D eigenvalue weighted by Crippen LogP contribution is -2.00. The van der Waals surface area contributed by atoms with Gasteiger partial charge in [-0.15, -0.1) is 0 Å². The Kier molecular flexibility index (Phi) is 5.47. The van der Waals surface area contributed by atoms with Gasteiger partial charge in [-0.05, 0) is 42.5 Å². The second-order valence-corrected chi connectivity index (χ2v) is 5.21. The van der Waals surface area contributed by atoms with Crippen molar-refractivity contribution in [1.82, 2.24) is 0 Å². The number of carbonyl (C=O) groups excluding carboxylic acids is 1. The molecule has 2 aromatic rings. The van der Waals surface area contributed by atoms with Crippen LogP contribution in [-0.2, 0) is 0 Å². The predicted molar refractivity (Wildman–Crippen MR) is 89.4 cm³/mol. The maximum atomic E-state index is 12.4. The molecule has 0 aliphatic heterocycles. The highest BCUT2D eigenvalue weighted by Gasteiger charge is 2.11. The molecule has 0 aromatic heterocycles. The molecule has 0 amide bonds. The van der Waals surface area contributed by atoms with Gasteiger partial charge in [-0.3, -0.25) is 4.79 Å². The minimum Gasteiger partial charge on any atom is -0.497 e. The zero-order chi connectivity index (χ0) is 16.1. The second-order valence-electron chi connectivity index (χ2n) is 4.40. The third-order valence-corrected chi connectivity index (χ3v) is 3.73. The van der Waals surface area contributed by atoms with E-state index in [2.05, 4.69) is 0 Å². The molecule has 0 heterocycles. The quantitative estimate of drug-likeness (QED) is 0.575. The standard InChI is InChI=1S/C17H14Cl2O3/c1-21-11-6-9-17(22-2)13(10-11)16(20)8-7-12-14(18)4-3-5-15(12)19/h3-10H,1-2H3/b8-7+. The van der Waals surface area contributed by atoms with Crippen LogP contribution in [0, 0.1) is 0 Å². The minimum absolute atomic E-state index is 0.230. The Morgan fingerprint density at radius 2 is 1.73 bits per heavy atom. The van der Waals surface area contributed by atoms with Gasteiger partial charge in [0.05, 0.1) is 19.8 Å². The molecule has 0 spiro atoms. The second kappa shape index (κ2) is 7.34. The first kappa shape index (κ1) is 16.4. The molecule has 0 bridgehead atoms. The summed E-state index contributed by atoms with van der Waals surface area (Å²) in [6.45, 7) is 0. The molecule has 114 valence electrons. The molecule has 0 aliphatic carbocycles. The number of allylic oxidation sites excluding steroid dienone is 1. The van der Waals surface area contributed by atoms with Crippen molar-refractivity contribution in [2.45, 2.75) is 0 Å². The van der Waals surface area contributed by atoms with Gasteiger partial charge in [0.25, 0.3) is 0 Å². The molecule has 5 heteroatoms. The number of halogens is 2. The van der Waals surface area contributed by atoms with E-state index < -0.39 is 0 Å². The Morgan fingerprint density at radius 1 is 1.05 bits per heavy atom. The third-order valence-electron chi connectivity index (χ3n) is 3.07. The van der Waals surface area contributed by atoms with E-state index in [9.17, 15) is 4.79 Å². The van der Waals surface area contributed by atoms with Crippen molar-refractivity contribution in [2.24, 2.45) is 0 Å².